The van der Waals surface area contributed by atoms with Gasteiger partial charge in [-0.1, -0.05) is 11.6 Å². The van der Waals surface area contributed by atoms with Crippen molar-refractivity contribution in [3.63, 3.8) is 0 Å². The monoisotopic (exact) mass is 226 g/mol. The van der Waals surface area contributed by atoms with Gasteiger partial charge < -0.3 is 4.74 Å². The van der Waals surface area contributed by atoms with Gasteiger partial charge in [-0.15, -0.1) is 10.2 Å². The number of carbonyl (C=O) groups is 1. The number of fused-ring (bicyclic) bond motifs is 1. The number of carbonyl (C=O) groups excluding carboxylic acids is 1. The molecule has 0 atom stereocenters. The van der Waals surface area contributed by atoms with Crippen LogP contribution in [0.25, 0.3) is 11.0 Å². The largest absolute Gasteiger partial charge is 0.461 e. The summed E-state index contributed by atoms with van der Waals surface area (Å²) >= 11 is 5.66. The minimum atomic E-state index is -0.507. The lowest BCUT2D eigenvalue weighted by Gasteiger charge is -1.97. The molecule has 2 aromatic rings. The first-order chi connectivity index (χ1) is 7.22. The standard InChI is InChI=1S/C8H7ClN4O2/c1-2-15-8(14)6-4-3-5(9)10-12-7(4)13-11-6/h3H,2H2,1H3,(H,11,12,13). The topological polar surface area (TPSA) is 80.8 Å². The van der Waals surface area contributed by atoms with Crippen LogP contribution >= 0.6 is 11.6 Å². The van der Waals surface area contributed by atoms with E-state index in [0.717, 1.165) is 0 Å². The smallest absolute Gasteiger partial charge is 0.359 e. The zero-order valence-electron chi connectivity index (χ0n) is 7.82. The lowest BCUT2D eigenvalue weighted by atomic mass is 10.3. The van der Waals surface area contributed by atoms with E-state index in [1.807, 2.05) is 0 Å². The average molecular weight is 227 g/mol. The van der Waals surface area contributed by atoms with Crippen LogP contribution in [0.5, 0.6) is 0 Å². The average Bonchev–Trinajstić information content (AvgIpc) is 2.60. The van der Waals surface area contributed by atoms with Crippen LogP contribution in [0.2, 0.25) is 5.15 Å². The van der Waals surface area contributed by atoms with E-state index >= 15 is 0 Å². The fourth-order valence-corrected chi connectivity index (χ4v) is 1.30. The molecule has 7 heteroatoms. The second kappa shape index (κ2) is 3.82. The summed E-state index contributed by atoms with van der Waals surface area (Å²) in [7, 11) is 0. The lowest BCUT2D eigenvalue weighted by molar-refractivity contribution is 0.0521. The minimum absolute atomic E-state index is 0.170. The molecule has 2 aromatic heterocycles. The highest BCUT2D eigenvalue weighted by Gasteiger charge is 2.16. The van der Waals surface area contributed by atoms with Gasteiger partial charge >= 0.3 is 5.97 Å². The Bertz CT molecular complexity index is 510. The third-order valence-corrected chi connectivity index (χ3v) is 1.95. The molecule has 2 heterocycles. The maximum Gasteiger partial charge on any atom is 0.359 e. The van der Waals surface area contributed by atoms with Crippen molar-refractivity contribution in [2.24, 2.45) is 0 Å². The van der Waals surface area contributed by atoms with Crippen molar-refractivity contribution in [1.29, 1.82) is 0 Å². The normalized spacial score (nSPS) is 10.5. The number of rotatable bonds is 2. The third kappa shape index (κ3) is 1.75. The number of nitrogens with zero attached hydrogens (tertiary/aromatic N) is 3. The first kappa shape index (κ1) is 9.85. The van der Waals surface area contributed by atoms with Gasteiger partial charge in [-0.05, 0) is 13.0 Å². The van der Waals surface area contributed by atoms with Gasteiger partial charge in [0.25, 0.3) is 0 Å². The van der Waals surface area contributed by atoms with Crippen molar-refractivity contribution in [3.8, 4) is 0 Å². The van der Waals surface area contributed by atoms with Gasteiger partial charge in [-0.3, -0.25) is 5.10 Å². The maximum absolute atomic E-state index is 11.4. The summed E-state index contributed by atoms with van der Waals surface area (Å²) in [5.41, 5.74) is 0.575. The molecule has 15 heavy (non-hydrogen) atoms. The van der Waals surface area contributed by atoms with Gasteiger partial charge in [0, 0.05) is 0 Å². The highest BCUT2D eigenvalue weighted by molar-refractivity contribution is 6.30. The maximum atomic E-state index is 11.4. The van der Waals surface area contributed by atoms with Crippen LogP contribution in [0.15, 0.2) is 6.07 Å². The Labute approximate surface area is 89.6 Å². The van der Waals surface area contributed by atoms with Crippen LogP contribution in [-0.4, -0.2) is 33.0 Å². The molecule has 0 saturated heterocycles. The number of nitrogens with one attached hydrogen (secondary N) is 1. The highest BCUT2D eigenvalue weighted by Crippen LogP contribution is 2.16. The molecule has 1 N–H and O–H groups in total. The third-order valence-electron chi connectivity index (χ3n) is 1.76. The van der Waals surface area contributed by atoms with E-state index in [4.69, 9.17) is 16.3 Å². The van der Waals surface area contributed by atoms with E-state index in [1.54, 1.807) is 6.92 Å². The van der Waals surface area contributed by atoms with Crippen molar-refractivity contribution >= 4 is 28.6 Å². The molecule has 0 saturated carbocycles. The molecule has 78 valence electrons. The van der Waals surface area contributed by atoms with Crippen LogP contribution in [0, 0.1) is 0 Å². The Kier molecular flexibility index (Phi) is 2.51. The number of aromatic amines is 1. The van der Waals surface area contributed by atoms with E-state index in [-0.39, 0.29) is 10.8 Å². The first-order valence-electron chi connectivity index (χ1n) is 4.26. The van der Waals surface area contributed by atoms with Crippen LogP contribution in [-0.2, 0) is 4.74 Å². The number of halogens is 1. The van der Waals surface area contributed by atoms with Crippen LogP contribution < -0.4 is 0 Å². The van der Waals surface area contributed by atoms with Gasteiger partial charge in [-0.25, -0.2) is 4.79 Å². The molecule has 0 aromatic carbocycles. The molecule has 2 rings (SSSR count). The fraction of sp³-hybridized carbons (Fsp3) is 0.250. The Morgan fingerprint density at radius 2 is 2.40 bits per heavy atom. The molecular formula is C8H7ClN4O2. The summed E-state index contributed by atoms with van der Waals surface area (Å²) in [6, 6.07) is 1.51. The van der Waals surface area contributed by atoms with E-state index in [2.05, 4.69) is 20.4 Å². The van der Waals surface area contributed by atoms with Crippen LogP contribution in [0.1, 0.15) is 17.4 Å². The summed E-state index contributed by atoms with van der Waals surface area (Å²) in [5.74, 6) is -0.507. The summed E-state index contributed by atoms with van der Waals surface area (Å²) in [5, 5.41) is 14.4. The Hall–Kier alpha value is -1.69. The zero-order chi connectivity index (χ0) is 10.8. The van der Waals surface area contributed by atoms with Crippen molar-refractivity contribution in [3.05, 3.63) is 16.9 Å². The van der Waals surface area contributed by atoms with Crippen molar-refractivity contribution in [2.75, 3.05) is 6.61 Å². The predicted molar refractivity (Wildman–Crippen MR) is 52.7 cm³/mol. The Balaban J connectivity index is 2.52. The summed E-state index contributed by atoms with van der Waals surface area (Å²) in [6.07, 6.45) is 0. The van der Waals surface area contributed by atoms with Gasteiger partial charge in [0.15, 0.2) is 16.5 Å². The molecule has 0 spiro atoms. The molecule has 0 aliphatic heterocycles. The Morgan fingerprint density at radius 3 is 3.13 bits per heavy atom. The van der Waals surface area contributed by atoms with Crippen molar-refractivity contribution in [2.45, 2.75) is 6.92 Å². The van der Waals surface area contributed by atoms with Crippen LogP contribution in [0.4, 0.5) is 0 Å². The number of H-pyrrole nitrogens is 1. The highest BCUT2D eigenvalue weighted by atomic mass is 35.5. The summed E-state index contributed by atoms with van der Waals surface area (Å²) in [6.45, 7) is 2.01. The second-order valence-electron chi connectivity index (χ2n) is 2.72. The molecule has 0 amide bonds. The summed E-state index contributed by atoms with van der Waals surface area (Å²) < 4.78 is 4.82. The molecule has 0 bridgehead atoms. The van der Waals surface area contributed by atoms with E-state index in [1.165, 1.54) is 6.07 Å². The van der Waals surface area contributed by atoms with Crippen molar-refractivity contribution in [1.82, 2.24) is 20.4 Å². The molecule has 0 aliphatic carbocycles. The number of hydrogen-bond donors (Lipinski definition) is 1. The zero-order valence-corrected chi connectivity index (χ0v) is 8.58. The number of hydrogen-bond acceptors (Lipinski definition) is 5. The van der Waals surface area contributed by atoms with Gasteiger partial charge in [0.2, 0.25) is 0 Å². The predicted octanol–water partition coefficient (Wildman–Crippen LogP) is 1.18. The van der Waals surface area contributed by atoms with E-state index < -0.39 is 5.97 Å². The number of ether oxygens (including phenoxy) is 1. The SMILES string of the molecule is CCOC(=O)c1n[nH]c2nnc(Cl)cc12. The minimum Gasteiger partial charge on any atom is -0.461 e. The second-order valence-corrected chi connectivity index (χ2v) is 3.11. The van der Waals surface area contributed by atoms with Crippen molar-refractivity contribution < 1.29 is 9.53 Å². The molecule has 6 nitrogen and oxygen atoms in total. The molecule has 0 unspecified atom stereocenters. The molecule has 0 aliphatic rings. The molecule has 0 radical (unpaired) electrons. The van der Waals surface area contributed by atoms with Crippen LogP contribution in [0.3, 0.4) is 0 Å². The van der Waals surface area contributed by atoms with Gasteiger partial charge in [0.05, 0.1) is 12.0 Å². The number of esters is 1. The first-order valence-corrected chi connectivity index (χ1v) is 4.64. The quantitative estimate of drug-likeness (QED) is 0.778. The van der Waals surface area contributed by atoms with E-state index in [0.29, 0.717) is 17.6 Å². The Morgan fingerprint density at radius 1 is 1.60 bits per heavy atom. The van der Waals surface area contributed by atoms with Gasteiger partial charge in [0.1, 0.15) is 0 Å². The fourth-order valence-electron chi connectivity index (χ4n) is 1.16. The molecular weight excluding hydrogens is 220 g/mol. The summed E-state index contributed by atoms with van der Waals surface area (Å²) in [4.78, 5) is 11.4. The number of aromatic nitrogens is 4. The van der Waals surface area contributed by atoms with Gasteiger partial charge in [-0.2, -0.15) is 5.10 Å². The molecule has 0 fully saturated rings. The van der Waals surface area contributed by atoms with E-state index in [9.17, 15) is 4.79 Å². The lowest BCUT2D eigenvalue weighted by Crippen LogP contribution is -2.05.